The SMILES string of the molecule is COc1cc(/C=C2/C(=O)ON=C2C)ccc1OCc1cc(C)cc(C)c1. The Bertz CT molecular complexity index is 892. The van der Waals surface area contributed by atoms with E-state index in [-0.39, 0.29) is 0 Å². The van der Waals surface area contributed by atoms with Crippen molar-refractivity contribution in [1.82, 2.24) is 0 Å². The monoisotopic (exact) mass is 351 g/mol. The van der Waals surface area contributed by atoms with Crippen LogP contribution in [0.4, 0.5) is 0 Å². The standard InChI is InChI=1S/C21H21NO4/c1-13-7-14(2)9-17(8-13)12-25-19-6-5-16(11-20(19)24-4)10-18-15(3)22-26-21(18)23/h5-11H,12H2,1-4H3/b18-10+. The molecule has 5 heteroatoms. The molecule has 2 aromatic carbocycles. The second-order valence-electron chi connectivity index (χ2n) is 6.31. The van der Waals surface area contributed by atoms with E-state index in [2.05, 4.69) is 42.0 Å². The van der Waals surface area contributed by atoms with Gasteiger partial charge in [0.2, 0.25) is 0 Å². The predicted molar refractivity (Wildman–Crippen MR) is 100 cm³/mol. The van der Waals surface area contributed by atoms with Crippen LogP contribution < -0.4 is 9.47 Å². The Morgan fingerprint density at radius 3 is 2.38 bits per heavy atom. The maximum absolute atomic E-state index is 11.7. The van der Waals surface area contributed by atoms with Crippen molar-refractivity contribution >= 4 is 17.8 Å². The molecule has 26 heavy (non-hydrogen) atoms. The first kappa shape index (κ1) is 17.7. The summed E-state index contributed by atoms with van der Waals surface area (Å²) in [4.78, 5) is 16.3. The average molecular weight is 351 g/mol. The summed E-state index contributed by atoms with van der Waals surface area (Å²) in [6.07, 6.45) is 1.73. The molecule has 1 aliphatic heterocycles. The molecule has 0 atom stereocenters. The molecule has 0 aliphatic carbocycles. The van der Waals surface area contributed by atoms with E-state index in [4.69, 9.17) is 9.47 Å². The highest BCUT2D eigenvalue weighted by atomic mass is 16.7. The van der Waals surface area contributed by atoms with Crippen molar-refractivity contribution < 1.29 is 19.1 Å². The summed E-state index contributed by atoms with van der Waals surface area (Å²) >= 11 is 0. The van der Waals surface area contributed by atoms with Crippen molar-refractivity contribution in [1.29, 1.82) is 0 Å². The number of nitrogens with zero attached hydrogens (tertiary/aromatic N) is 1. The predicted octanol–water partition coefficient (Wildman–Crippen LogP) is 4.21. The Labute approximate surface area is 152 Å². The van der Waals surface area contributed by atoms with Crippen LogP contribution in [0.25, 0.3) is 6.08 Å². The molecule has 0 fully saturated rings. The summed E-state index contributed by atoms with van der Waals surface area (Å²) in [6.45, 7) is 6.32. The first-order valence-corrected chi connectivity index (χ1v) is 8.32. The summed E-state index contributed by atoms with van der Waals surface area (Å²) in [6, 6.07) is 11.9. The highest BCUT2D eigenvalue weighted by Gasteiger charge is 2.21. The van der Waals surface area contributed by atoms with Crippen molar-refractivity contribution in [2.75, 3.05) is 7.11 Å². The number of methoxy groups -OCH3 is 1. The maximum atomic E-state index is 11.7. The molecule has 0 aromatic heterocycles. The molecule has 0 N–H and O–H groups in total. The van der Waals surface area contributed by atoms with Gasteiger partial charge >= 0.3 is 5.97 Å². The minimum absolute atomic E-state index is 0.441. The van der Waals surface area contributed by atoms with Crippen LogP contribution in [0.2, 0.25) is 0 Å². The maximum Gasteiger partial charge on any atom is 0.367 e. The molecular weight excluding hydrogens is 330 g/mol. The summed E-state index contributed by atoms with van der Waals surface area (Å²) in [5.41, 5.74) is 5.33. The first-order chi connectivity index (χ1) is 12.5. The van der Waals surface area contributed by atoms with Crippen LogP contribution in [0.15, 0.2) is 47.1 Å². The molecule has 0 amide bonds. The summed E-state index contributed by atoms with van der Waals surface area (Å²) in [7, 11) is 1.59. The topological polar surface area (TPSA) is 57.1 Å². The van der Waals surface area contributed by atoms with Gasteiger partial charge in [-0.3, -0.25) is 0 Å². The van der Waals surface area contributed by atoms with Crippen molar-refractivity contribution in [3.8, 4) is 11.5 Å². The minimum atomic E-state index is -0.448. The third-order valence-electron chi connectivity index (χ3n) is 4.05. The summed E-state index contributed by atoms with van der Waals surface area (Å²) < 4.78 is 11.4. The number of aryl methyl sites for hydroxylation is 2. The van der Waals surface area contributed by atoms with Crippen LogP contribution in [-0.2, 0) is 16.2 Å². The molecule has 5 nitrogen and oxygen atoms in total. The Balaban J connectivity index is 1.80. The van der Waals surface area contributed by atoms with Gasteiger partial charge in [-0.15, -0.1) is 0 Å². The molecule has 134 valence electrons. The zero-order valence-electron chi connectivity index (χ0n) is 15.3. The van der Waals surface area contributed by atoms with Crippen LogP contribution in [0.1, 0.15) is 29.2 Å². The number of carbonyl (C=O) groups is 1. The van der Waals surface area contributed by atoms with Crippen molar-refractivity contribution in [2.45, 2.75) is 27.4 Å². The Morgan fingerprint density at radius 2 is 1.77 bits per heavy atom. The lowest BCUT2D eigenvalue weighted by Crippen LogP contribution is -2.02. The van der Waals surface area contributed by atoms with E-state index in [1.165, 1.54) is 11.1 Å². The zero-order chi connectivity index (χ0) is 18.7. The Hall–Kier alpha value is -3.08. The summed E-state index contributed by atoms with van der Waals surface area (Å²) in [5.74, 6) is 0.800. The lowest BCUT2D eigenvalue weighted by atomic mass is 10.1. The molecule has 3 rings (SSSR count). The normalized spacial score (nSPS) is 15.0. The van der Waals surface area contributed by atoms with Crippen LogP contribution >= 0.6 is 0 Å². The number of rotatable bonds is 5. The number of oxime groups is 1. The number of carbonyl (C=O) groups excluding carboxylic acids is 1. The van der Waals surface area contributed by atoms with Crippen molar-refractivity contribution in [3.05, 3.63) is 64.2 Å². The molecule has 1 heterocycles. The second-order valence-corrected chi connectivity index (χ2v) is 6.31. The smallest absolute Gasteiger partial charge is 0.367 e. The van der Waals surface area contributed by atoms with Gasteiger partial charge in [-0.25, -0.2) is 4.79 Å². The fourth-order valence-electron chi connectivity index (χ4n) is 2.89. The third kappa shape index (κ3) is 3.94. The average Bonchev–Trinajstić information content (AvgIpc) is 2.91. The first-order valence-electron chi connectivity index (χ1n) is 8.32. The molecule has 2 aromatic rings. The van der Waals surface area contributed by atoms with Crippen LogP contribution in [-0.4, -0.2) is 18.8 Å². The van der Waals surface area contributed by atoms with E-state index >= 15 is 0 Å². The van der Waals surface area contributed by atoms with Gasteiger partial charge < -0.3 is 14.3 Å². The lowest BCUT2D eigenvalue weighted by Gasteiger charge is -2.12. The number of hydrogen-bond acceptors (Lipinski definition) is 5. The Morgan fingerprint density at radius 1 is 1.04 bits per heavy atom. The van der Waals surface area contributed by atoms with Gasteiger partial charge in [-0.2, -0.15) is 0 Å². The van der Waals surface area contributed by atoms with E-state index in [0.717, 1.165) is 11.1 Å². The summed E-state index contributed by atoms with van der Waals surface area (Å²) in [5, 5.41) is 3.67. The number of hydrogen-bond donors (Lipinski definition) is 0. The highest BCUT2D eigenvalue weighted by Crippen LogP contribution is 2.30. The van der Waals surface area contributed by atoms with Gasteiger partial charge in [-0.1, -0.05) is 40.5 Å². The van der Waals surface area contributed by atoms with E-state index in [9.17, 15) is 4.79 Å². The van der Waals surface area contributed by atoms with Gasteiger partial charge in [0.25, 0.3) is 0 Å². The van der Waals surface area contributed by atoms with Gasteiger partial charge in [0.1, 0.15) is 6.61 Å². The van der Waals surface area contributed by atoms with Gasteiger partial charge in [0, 0.05) is 0 Å². The molecule has 0 bridgehead atoms. The molecule has 0 radical (unpaired) electrons. The lowest BCUT2D eigenvalue weighted by molar-refractivity contribution is -0.136. The zero-order valence-corrected chi connectivity index (χ0v) is 15.3. The fourth-order valence-corrected chi connectivity index (χ4v) is 2.89. The van der Waals surface area contributed by atoms with E-state index in [0.29, 0.717) is 29.4 Å². The molecule has 0 saturated heterocycles. The Kier molecular flexibility index (Phi) is 5.07. The molecule has 1 aliphatic rings. The number of benzene rings is 2. The largest absolute Gasteiger partial charge is 0.493 e. The van der Waals surface area contributed by atoms with Crippen molar-refractivity contribution in [2.24, 2.45) is 5.16 Å². The van der Waals surface area contributed by atoms with E-state index in [1.807, 2.05) is 18.2 Å². The van der Waals surface area contributed by atoms with E-state index in [1.54, 1.807) is 20.1 Å². The van der Waals surface area contributed by atoms with E-state index < -0.39 is 5.97 Å². The molecular formula is C21H21NO4. The number of ether oxygens (including phenoxy) is 2. The quantitative estimate of drug-likeness (QED) is 0.598. The molecule has 0 spiro atoms. The van der Waals surface area contributed by atoms with Crippen molar-refractivity contribution in [3.63, 3.8) is 0 Å². The van der Waals surface area contributed by atoms with Crippen LogP contribution in [0.3, 0.4) is 0 Å². The third-order valence-corrected chi connectivity index (χ3v) is 4.05. The molecule has 0 saturated carbocycles. The molecule has 0 unspecified atom stereocenters. The van der Waals surface area contributed by atoms with Crippen LogP contribution in [0, 0.1) is 13.8 Å². The fraction of sp³-hybridized carbons (Fsp3) is 0.238. The van der Waals surface area contributed by atoms with Gasteiger partial charge in [0.05, 0.1) is 18.4 Å². The van der Waals surface area contributed by atoms with Gasteiger partial charge in [0.15, 0.2) is 11.5 Å². The highest BCUT2D eigenvalue weighted by molar-refractivity contribution is 6.24. The minimum Gasteiger partial charge on any atom is -0.493 e. The van der Waals surface area contributed by atoms with Gasteiger partial charge in [-0.05, 0) is 50.1 Å². The second kappa shape index (κ2) is 7.44. The van der Waals surface area contributed by atoms with Crippen LogP contribution in [0.5, 0.6) is 11.5 Å².